The molecule has 3 fully saturated rings. The largest absolute Gasteiger partial charge is 0.472 e. The van der Waals surface area contributed by atoms with E-state index in [4.69, 9.17) is 42.2 Å². The lowest BCUT2D eigenvalue weighted by atomic mass is 9.84. The highest BCUT2D eigenvalue weighted by Gasteiger charge is 2.58. The van der Waals surface area contributed by atoms with Gasteiger partial charge >= 0.3 is 25.7 Å². The fourth-order valence-corrected chi connectivity index (χ4v) is 13.5. The number of rotatable bonds is 59. The molecule has 0 aromatic heterocycles. The molecule has 3 rings (SSSR count). The van der Waals surface area contributed by atoms with E-state index in [-0.39, 0.29) is 19.3 Å². The number of carbonyl (C=O) groups excluding carboxylic acids is 3. The van der Waals surface area contributed by atoms with Crippen molar-refractivity contribution in [2.75, 3.05) is 26.4 Å². The Bertz CT molecular complexity index is 2060. The van der Waals surface area contributed by atoms with E-state index in [2.05, 4.69) is 32.9 Å². The summed E-state index contributed by atoms with van der Waals surface area (Å²) in [7, 11) is -5.70. The molecule has 0 radical (unpaired) electrons. The molecule has 18 atom stereocenters. The van der Waals surface area contributed by atoms with E-state index in [0.29, 0.717) is 25.7 Å². The molecular formula is C72H133O24P. The van der Waals surface area contributed by atoms with E-state index >= 15 is 0 Å². The molecule has 0 amide bonds. The van der Waals surface area contributed by atoms with Gasteiger partial charge in [-0.05, 0) is 44.9 Å². The number of aliphatic hydroxyl groups is 10. The Morgan fingerprint density at radius 1 is 0.392 bits per heavy atom. The summed E-state index contributed by atoms with van der Waals surface area (Å²) in [6, 6.07) is 0. The number of phosphoric ester groups is 1. The van der Waals surface area contributed by atoms with Crippen LogP contribution in [-0.2, 0) is 61.2 Å². The Morgan fingerprint density at radius 2 is 0.722 bits per heavy atom. The minimum Gasteiger partial charge on any atom is -0.463 e. The van der Waals surface area contributed by atoms with E-state index < -0.39 is 156 Å². The van der Waals surface area contributed by atoms with Gasteiger partial charge in [-0.3, -0.25) is 23.4 Å². The van der Waals surface area contributed by atoms with Gasteiger partial charge in [0.2, 0.25) is 0 Å². The minimum absolute atomic E-state index is 0.0323. The highest BCUT2D eigenvalue weighted by Crippen LogP contribution is 2.49. The van der Waals surface area contributed by atoms with Crippen molar-refractivity contribution in [3.8, 4) is 0 Å². The summed E-state index contributed by atoms with van der Waals surface area (Å²) in [5.74, 6) is -2.00. The summed E-state index contributed by atoms with van der Waals surface area (Å²) < 4.78 is 65.0. The lowest BCUT2D eigenvalue weighted by Gasteiger charge is -2.49. The number of phosphoric acid groups is 1. The SMILES string of the molecule is CCCCCCCC/C=C\CCCCCC(=O)OC(COC(=O)CCCCCCCCCCCCCCC)COP(=O)(O)OC1C(OC2OC(CO)C(O)C(O)C2O)C(O)C(O)C(O)C1OC1OC(COC(=O)CCCCCCCCCCCCCCCCCC)C(O)C(O)C1O. The summed E-state index contributed by atoms with van der Waals surface area (Å²) >= 11 is 0. The van der Waals surface area contributed by atoms with Gasteiger partial charge in [-0.15, -0.1) is 0 Å². The van der Waals surface area contributed by atoms with E-state index in [1.807, 2.05) is 0 Å². The first-order chi connectivity index (χ1) is 46.8. The Balaban J connectivity index is 1.73. The second kappa shape index (κ2) is 54.4. The molecule has 25 heteroatoms. The third-order valence-electron chi connectivity index (χ3n) is 18.8. The predicted octanol–water partition coefficient (Wildman–Crippen LogP) is 10.4. The second-order valence-corrected chi connectivity index (χ2v) is 28.8. The molecule has 0 aromatic rings. The number of esters is 3. The Kier molecular flexibility index (Phi) is 49.8. The lowest BCUT2D eigenvalue weighted by Crippen LogP contribution is -2.69. The van der Waals surface area contributed by atoms with Crippen LogP contribution in [0.2, 0.25) is 0 Å². The van der Waals surface area contributed by atoms with E-state index in [9.17, 15) is 74.9 Å². The van der Waals surface area contributed by atoms with Crippen molar-refractivity contribution in [3.63, 3.8) is 0 Å². The van der Waals surface area contributed by atoms with Gasteiger partial charge in [-0.25, -0.2) is 4.57 Å². The maximum absolute atomic E-state index is 14.3. The molecule has 2 aliphatic heterocycles. The van der Waals surface area contributed by atoms with E-state index in [0.717, 1.165) is 89.9 Å². The normalized spacial score (nSPS) is 27.8. The van der Waals surface area contributed by atoms with Crippen LogP contribution in [0, 0.1) is 0 Å². The topological polar surface area (TPSA) is 374 Å². The Labute approximate surface area is 580 Å². The van der Waals surface area contributed by atoms with E-state index in [1.54, 1.807) is 0 Å². The van der Waals surface area contributed by atoms with Gasteiger partial charge in [0.1, 0.15) is 98.7 Å². The maximum atomic E-state index is 14.3. The third-order valence-corrected chi connectivity index (χ3v) is 19.8. The number of allylic oxidation sites excluding steroid dienone is 2. The van der Waals surface area contributed by atoms with Crippen LogP contribution in [-0.4, -0.2) is 204 Å². The van der Waals surface area contributed by atoms with Crippen LogP contribution in [0.1, 0.15) is 297 Å². The number of hydrogen-bond donors (Lipinski definition) is 11. The summed E-state index contributed by atoms with van der Waals surface area (Å²) in [5.41, 5.74) is 0. The van der Waals surface area contributed by atoms with Crippen molar-refractivity contribution in [3.05, 3.63) is 12.2 Å². The monoisotopic (exact) mass is 1410 g/mol. The molecule has 1 aliphatic carbocycles. The molecule has 1 saturated carbocycles. The van der Waals surface area contributed by atoms with Crippen molar-refractivity contribution >= 4 is 25.7 Å². The number of hydrogen-bond acceptors (Lipinski definition) is 23. The van der Waals surface area contributed by atoms with Gasteiger partial charge in [0, 0.05) is 19.3 Å². The summed E-state index contributed by atoms with van der Waals surface area (Å²) in [5, 5.41) is 110. The first-order valence-electron chi connectivity index (χ1n) is 38.0. The number of carbonyl (C=O) groups is 3. The molecular weight excluding hydrogens is 1280 g/mol. The molecule has 97 heavy (non-hydrogen) atoms. The highest BCUT2D eigenvalue weighted by molar-refractivity contribution is 7.47. The van der Waals surface area contributed by atoms with Crippen LogP contribution < -0.4 is 0 Å². The standard InChI is InChI=1S/C72H133O24P/c1-4-7-10-13-16-19-22-25-26-27-30-32-35-38-41-44-47-57(75)89-52-55-60(78)62(80)67(85)72(93-55)95-69-65(83)63(81)64(82)68(94-71-66(84)61(79)59(77)54(49-73)92-71)70(69)96-97(86,87)90-51-53(91-58(76)48-45-42-39-36-33-29-24-21-18-15-12-9-6-3)50-88-56(74)46-43-40-37-34-31-28-23-20-17-14-11-8-5-2/h29,33,53-55,59-73,77-85H,4-28,30-32,34-52H2,1-3H3,(H,86,87)/b33-29-. The molecule has 3 aliphatic rings. The average Bonchev–Trinajstić information content (AvgIpc) is 0.764. The third kappa shape index (κ3) is 37.6. The first-order valence-corrected chi connectivity index (χ1v) is 39.5. The molecule has 2 heterocycles. The summed E-state index contributed by atoms with van der Waals surface area (Å²) in [6.07, 6.45) is 12.8. The molecule has 18 unspecified atom stereocenters. The summed E-state index contributed by atoms with van der Waals surface area (Å²) in [6.45, 7) is 3.43. The predicted molar refractivity (Wildman–Crippen MR) is 365 cm³/mol. The smallest absolute Gasteiger partial charge is 0.463 e. The molecule has 11 N–H and O–H groups in total. The molecule has 0 bridgehead atoms. The zero-order valence-electron chi connectivity index (χ0n) is 59.4. The van der Waals surface area contributed by atoms with Crippen LogP contribution in [0.15, 0.2) is 12.2 Å². The Morgan fingerprint density at radius 3 is 1.12 bits per heavy atom. The van der Waals surface area contributed by atoms with Crippen LogP contribution in [0.25, 0.3) is 0 Å². The van der Waals surface area contributed by atoms with Gasteiger partial charge in [0.05, 0.1) is 13.2 Å². The molecule has 0 spiro atoms. The average molecular weight is 1410 g/mol. The zero-order valence-corrected chi connectivity index (χ0v) is 60.3. The fraction of sp³-hybridized carbons (Fsp3) is 0.931. The summed E-state index contributed by atoms with van der Waals surface area (Å²) in [4.78, 5) is 50.9. The van der Waals surface area contributed by atoms with Crippen LogP contribution >= 0.6 is 7.82 Å². The van der Waals surface area contributed by atoms with Gasteiger partial charge in [-0.1, -0.05) is 245 Å². The minimum atomic E-state index is -5.70. The quantitative estimate of drug-likeness (QED) is 0.00886. The Hall–Kier alpha value is -2.30. The van der Waals surface area contributed by atoms with Crippen molar-refractivity contribution in [2.24, 2.45) is 0 Å². The van der Waals surface area contributed by atoms with Crippen molar-refractivity contribution in [1.29, 1.82) is 0 Å². The van der Waals surface area contributed by atoms with Gasteiger partial charge in [0.25, 0.3) is 0 Å². The molecule has 2 saturated heterocycles. The highest BCUT2D eigenvalue weighted by atomic mass is 31.2. The molecule has 0 aromatic carbocycles. The van der Waals surface area contributed by atoms with Crippen LogP contribution in [0.3, 0.4) is 0 Å². The van der Waals surface area contributed by atoms with Gasteiger partial charge < -0.3 is 89.1 Å². The first kappa shape index (κ1) is 88.9. The number of unbranched alkanes of at least 4 members (excludes halogenated alkanes) is 36. The van der Waals surface area contributed by atoms with Crippen molar-refractivity contribution in [2.45, 2.75) is 401 Å². The molecule has 570 valence electrons. The molecule has 24 nitrogen and oxygen atoms in total. The van der Waals surface area contributed by atoms with Crippen molar-refractivity contribution < 1.29 is 117 Å². The van der Waals surface area contributed by atoms with E-state index in [1.165, 1.54) is 141 Å². The maximum Gasteiger partial charge on any atom is 0.472 e. The fourth-order valence-electron chi connectivity index (χ4n) is 12.6. The van der Waals surface area contributed by atoms with Crippen molar-refractivity contribution in [1.82, 2.24) is 0 Å². The van der Waals surface area contributed by atoms with Crippen LogP contribution in [0.5, 0.6) is 0 Å². The number of aliphatic hydroxyl groups excluding tert-OH is 10. The van der Waals surface area contributed by atoms with Crippen LogP contribution in [0.4, 0.5) is 0 Å². The van der Waals surface area contributed by atoms with Gasteiger partial charge in [-0.2, -0.15) is 0 Å². The zero-order chi connectivity index (χ0) is 71.1. The van der Waals surface area contributed by atoms with Gasteiger partial charge in [0.15, 0.2) is 18.7 Å². The lowest BCUT2D eigenvalue weighted by molar-refractivity contribution is -0.360. The number of ether oxygens (including phenoxy) is 7. The second-order valence-electron chi connectivity index (χ2n) is 27.4.